The van der Waals surface area contributed by atoms with Gasteiger partial charge in [0.05, 0.1) is 22.9 Å². The van der Waals surface area contributed by atoms with E-state index in [9.17, 15) is 9.59 Å². The number of hydrogen-bond acceptors (Lipinski definition) is 3. The van der Waals surface area contributed by atoms with E-state index >= 15 is 0 Å². The van der Waals surface area contributed by atoms with Crippen LogP contribution in [-0.4, -0.2) is 26.3 Å². The molecule has 98 valence electrons. The SMILES string of the molecule is CCC(C(=O)O)N(I)C(=O)OCc1ccccc1. The van der Waals surface area contributed by atoms with Crippen LogP contribution in [0.5, 0.6) is 0 Å². The molecule has 0 aromatic heterocycles. The van der Waals surface area contributed by atoms with Crippen LogP contribution in [0.2, 0.25) is 0 Å². The molecule has 6 heteroatoms. The lowest BCUT2D eigenvalue weighted by atomic mass is 10.2. The molecule has 0 saturated heterocycles. The Morgan fingerprint density at radius 2 is 2.00 bits per heavy atom. The monoisotopic (exact) mass is 363 g/mol. The number of carboxylic acids is 1. The molecule has 1 aromatic rings. The van der Waals surface area contributed by atoms with Crippen molar-refractivity contribution in [3.05, 3.63) is 35.9 Å². The van der Waals surface area contributed by atoms with Gasteiger partial charge in [0.2, 0.25) is 0 Å². The van der Waals surface area contributed by atoms with Crippen LogP contribution in [-0.2, 0) is 16.1 Å². The Morgan fingerprint density at radius 3 is 2.50 bits per heavy atom. The fourth-order valence-corrected chi connectivity index (χ4v) is 2.11. The summed E-state index contributed by atoms with van der Waals surface area (Å²) in [5.74, 6) is -1.04. The van der Waals surface area contributed by atoms with E-state index in [1.807, 2.05) is 30.3 Å². The number of carbonyl (C=O) groups excluding carboxylic acids is 1. The zero-order valence-electron chi connectivity index (χ0n) is 9.88. The molecule has 1 amide bonds. The van der Waals surface area contributed by atoms with Gasteiger partial charge in [-0.25, -0.2) is 12.7 Å². The van der Waals surface area contributed by atoms with Crippen LogP contribution in [0, 0.1) is 0 Å². The summed E-state index contributed by atoms with van der Waals surface area (Å²) >= 11 is 1.67. The highest BCUT2D eigenvalue weighted by Crippen LogP contribution is 2.14. The van der Waals surface area contributed by atoms with Crippen LogP contribution in [0.25, 0.3) is 0 Å². The van der Waals surface area contributed by atoms with Crippen LogP contribution < -0.4 is 0 Å². The van der Waals surface area contributed by atoms with E-state index in [2.05, 4.69) is 0 Å². The first-order chi connectivity index (χ1) is 8.56. The lowest BCUT2D eigenvalue weighted by molar-refractivity contribution is -0.140. The van der Waals surface area contributed by atoms with Gasteiger partial charge < -0.3 is 9.84 Å². The second kappa shape index (κ2) is 7.20. The third kappa shape index (κ3) is 4.17. The van der Waals surface area contributed by atoms with Crippen molar-refractivity contribution in [3.63, 3.8) is 0 Å². The van der Waals surface area contributed by atoms with Crippen LogP contribution in [0.15, 0.2) is 30.3 Å². The molecule has 0 saturated carbocycles. The number of hydrogen-bond donors (Lipinski definition) is 1. The highest BCUT2D eigenvalue weighted by atomic mass is 127. The second-order valence-electron chi connectivity index (χ2n) is 3.61. The van der Waals surface area contributed by atoms with E-state index in [1.165, 1.54) is 0 Å². The van der Waals surface area contributed by atoms with Crippen molar-refractivity contribution in [2.45, 2.75) is 26.0 Å². The number of halogens is 1. The summed E-state index contributed by atoms with van der Waals surface area (Å²) in [5, 5.41) is 8.92. The molecule has 1 rings (SSSR count). The number of amides is 1. The van der Waals surface area contributed by atoms with E-state index < -0.39 is 18.1 Å². The number of carboxylic acid groups (broad SMARTS) is 1. The third-order valence-corrected chi connectivity index (χ3v) is 3.39. The largest absolute Gasteiger partial charge is 0.480 e. The van der Waals surface area contributed by atoms with Gasteiger partial charge in [0, 0.05) is 0 Å². The minimum Gasteiger partial charge on any atom is -0.480 e. The van der Waals surface area contributed by atoms with Crippen molar-refractivity contribution >= 4 is 34.9 Å². The van der Waals surface area contributed by atoms with Gasteiger partial charge in [0.1, 0.15) is 12.6 Å². The van der Waals surface area contributed by atoms with Crippen molar-refractivity contribution < 1.29 is 19.4 Å². The van der Waals surface area contributed by atoms with Crippen LogP contribution >= 0.6 is 22.9 Å². The highest BCUT2D eigenvalue weighted by molar-refractivity contribution is 14.1. The van der Waals surface area contributed by atoms with E-state index in [4.69, 9.17) is 9.84 Å². The number of carbonyl (C=O) groups is 2. The maximum absolute atomic E-state index is 11.7. The molecule has 0 spiro atoms. The van der Waals surface area contributed by atoms with Crippen molar-refractivity contribution in [2.24, 2.45) is 0 Å². The molecule has 18 heavy (non-hydrogen) atoms. The molecule has 0 aliphatic carbocycles. The lowest BCUT2D eigenvalue weighted by Crippen LogP contribution is -2.38. The topological polar surface area (TPSA) is 66.8 Å². The minimum atomic E-state index is -1.04. The molecular formula is C12H14INO4. The van der Waals surface area contributed by atoms with Crippen molar-refractivity contribution in [1.29, 1.82) is 0 Å². The van der Waals surface area contributed by atoms with Crippen LogP contribution in [0.3, 0.4) is 0 Å². The molecular weight excluding hydrogens is 349 g/mol. The molecule has 0 aliphatic heterocycles. The number of benzene rings is 1. The Morgan fingerprint density at radius 1 is 1.39 bits per heavy atom. The Bertz CT molecular complexity index is 410. The van der Waals surface area contributed by atoms with Gasteiger partial charge in [-0.15, -0.1) is 0 Å². The maximum Gasteiger partial charge on any atom is 0.419 e. The van der Waals surface area contributed by atoms with Gasteiger partial charge in [0.25, 0.3) is 0 Å². The molecule has 1 unspecified atom stereocenters. The second-order valence-corrected chi connectivity index (χ2v) is 4.65. The highest BCUT2D eigenvalue weighted by Gasteiger charge is 2.27. The van der Waals surface area contributed by atoms with Gasteiger partial charge in [-0.1, -0.05) is 37.3 Å². The van der Waals surface area contributed by atoms with Gasteiger partial charge in [0.15, 0.2) is 0 Å². The standard InChI is InChI=1S/C12H14INO4/c1-2-10(11(15)16)14(13)12(17)18-8-9-6-4-3-5-7-9/h3-7,10H,2,8H2,1H3,(H,15,16). The predicted molar refractivity (Wildman–Crippen MR) is 74.2 cm³/mol. The average molecular weight is 363 g/mol. The Kier molecular flexibility index (Phi) is 5.90. The molecule has 0 bridgehead atoms. The quantitative estimate of drug-likeness (QED) is 0.645. The summed E-state index contributed by atoms with van der Waals surface area (Å²) in [6.07, 6.45) is -0.313. The number of nitrogens with zero attached hydrogens (tertiary/aromatic N) is 1. The van der Waals surface area contributed by atoms with E-state index in [0.717, 1.165) is 8.68 Å². The zero-order valence-corrected chi connectivity index (χ0v) is 12.0. The summed E-state index contributed by atoms with van der Waals surface area (Å²) in [6.45, 7) is 1.84. The predicted octanol–water partition coefficient (Wildman–Crippen LogP) is 2.84. The zero-order chi connectivity index (χ0) is 13.5. The molecule has 0 heterocycles. The number of aliphatic carboxylic acids is 1. The molecule has 0 fully saturated rings. The summed E-state index contributed by atoms with van der Waals surface area (Å²) in [5.41, 5.74) is 0.860. The smallest absolute Gasteiger partial charge is 0.419 e. The Hall–Kier alpha value is -1.31. The molecule has 1 aromatic carbocycles. The molecule has 0 aliphatic rings. The van der Waals surface area contributed by atoms with Crippen molar-refractivity contribution in [3.8, 4) is 0 Å². The van der Waals surface area contributed by atoms with Crippen molar-refractivity contribution in [1.82, 2.24) is 3.11 Å². The first-order valence-electron chi connectivity index (χ1n) is 5.44. The van der Waals surface area contributed by atoms with E-state index in [-0.39, 0.29) is 6.61 Å². The van der Waals surface area contributed by atoms with Gasteiger partial charge >= 0.3 is 12.1 Å². The van der Waals surface area contributed by atoms with Crippen molar-refractivity contribution in [2.75, 3.05) is 0 Å². The van der Waals surface area contributed by atoms with Crippen LogP contribution in [0.4, 0.5) is 4.79 Å². The number of ether oxygens (including phenoxy) is 1. The molecule has 1 atom stereocenters. The summed E-state index contributed by atoms with van der Waals surface area (Å²) < 4.78 is 6.11. The first-order valence-corrected chi connectivity index (χ1v) is 6.41. The van der Waals surface area contributed by atoms with Gasteiger partial charge in [-0.3, -0.25) is 0 Å². The summed E-state index contributed by atoms with van der Waals surface area (Å²) in [6, 6.07) is 8.36. The maximum atomic E-state index is 11.7. The molecule has 1 N–H and O–H groups in total. The molecule has 5 nitrogen and oxygen atoms in total. The van der Waals surface area contributed by atoms with Gasteiger partial charge in [-0.2, -0.15) is 0 Å². The Balaban J connectivity index is 2.52. The van der Waals surface area contributed by atoms with Gasteiger partial charge in [-0.05, 0) is 12.0 Å². The number of rotatable bonds is 5. The third-order valence-electron chi connectivity index (χ3n) is 2.32. The summed E-state index contributed by atoms with van der Waals surface area (Å²) in [4.78, 5) is 22.6. The normalized spacial score (nSPS) is 11.7. The minimum absolute atomic E-state index is 0.134. The van der Waals surface area contributed by atoms with Crippen LogP contribution in [0.1, 0.15) is 18.9 Å². The Labute approximate surface area is 119 Å². The summed E-state index contributed by atoms with van der Waals surface area (Å²) in [7, 11) is 0. The average Bonchev–Trinajstić information content (AvgIpc) is 2.37. The lowest BCUT2D eigenvalue weighted by Gasteiger charge is -2.20. The van der Waals surface area contributed by atoms with E-state index in [1.54, 1.807) is 29.8 Å². The molecule has 0 radical (unpaired) electrons. The first kappa shape index (κ1) is 14.7. The fraction of sp³-hybridized carbons (Fsp3) is 0.333. The van der Waals surface area contributed by atoms with E-state index in [0.29, 0.717) is 6.42 Å². The fourth-order valence-electron chi connectivity index (χ4n) is 1.34.